The molecule has 0 heterocycles. The number of nitrogens with zero attached hydrogens (tertiary/aromatic N) is 1. The molecule has 0 fully saturated rings. The van der Waals surface area contributed by atoms with Crippen molar-refractivity contribution in [3.8, 4) is 0 Å². The Hall–Kier alpha value is -1.82. The highest BCUT2D eigenvalue weighted by molar-refractivity contribution is 14.0. The van der Waals surface area contributed by atoms with Gasteiger partial charge in [-0.1, -0.05) is 30.3 Å². The molecule has 0 unspecified atom stereocenters. The summed E-state index contributed by atoms with van der Waals surface area (Å²) in [5.74, 6) is 0.365. The maximum Gasteiger partial charge on any atom is 0.416 e. The average molecular weight is 541 g/mol. The molecule has 160 valence electrons. The van der Waals surface area contributed by atoms with Crippen LogP contribution in [0.3, 0.4) is 0 Å². The summed E-state index contributed by atoms with van der Waals surface area (Å²) in [5.41, 5.74) is -0.245. The molecule has 0 aliphatic heterocycles. The molecule has 2 N–H and O–H groups in total. The van der Waals surface area contributed by atoms with Crippen LogP contribution in [0.15, 0.2) is 64.5 Å². The lowest BCUT2D eigenvalue weighted by atomic mass is 10.1. The number of hydrogen-bond acceptors (Lipinski definition) is 3. The first kappa shape index (κ1) is 25.2. The zero-order chi connectivity index (χ0) is 20.6. The van der Waals surface area contributed by atoms with Gasteiger partial charge in [0.15, 0.2) is 15.8 Å². The summed E-state index contributed by atoms with van der Waals surface area (Å²) in [7, 11) is -1.82. The van der Waals surface area contributed by atoms with Crippen LogP contribution in [0.25, 0.3) is 0 Å². The van der Waals surface area contributed by atoms with Gasteiger partial charge in [0.25, 0.3) is 0 Å². The lowest BCUT2D eigenvalue weighted by molar-refractivity contribution is -0.137. The van der Waals surface area contributed by atoms with Gasteiger partial charge in [-0.15, -0.1) is 24.0 Å². The van der Waals surface area contributed by atoms with E-state index in [2.05, 4.69) is 15.6 Å². The van der Waals surface area contributed by atoms with Gasteiger partial charge in [-0.25, -0.2) is 8.42 Å². The first-order chi connectivity index (χ1) is 13.2. The summed E-state index contributed by atoms with van der Waals surface area (Å²) in [4.78, 5) is 4.27. The van der Waals surface area contributed by atoms with E-state index >= 15 is 0 Å². The molecule has 5 nitrogen and oxygen atoms in total. The summed E-state index contributed by atoms with van der Waals surface area (Å²) < 4.78 is 62.7. The number of alkyl halides is 3. The first-order valence-corrected chi connectivity index (χ1v) is 10.3. The molecule has 10 heteroatoms. The van der Waals surface area contributed by atoms with E-state index in [4.69, 9.17) is 0 Å². The number of rotatable bonds is 7. The molecule has 0 atom stereocenters. The van der Waals surface area contributed by atoms with Gasteiger partial charge in [-0.05, 0) is 36.2 Å². The molecule has 0 spiro atoms. The van der Waals surface area contributed by atoms with Crippen LogP contribution in [0.5, 0.6) is 0 Å². The van der Waals surface area contributed by atoms with E-state index in [9.17, 15) is 21.6 Å². The number of benzene rings is 2. The minimum Gasteiger partial charge on any atom is -0.356 e. The maximum atomic E-state index is 12.8. The molecule has 0 aromatic heterocycles. The molecule has 0 saturated carbocycles. The fourth-order valence-corrected chi connectivity index (χ4v) is 3.81. The van der Waals surface area contributed by atoms with Crippen LogP contribution < -0.4 is 10.6 Å². The van der Waals surface area contributed by atoms with E-state index in [1.54, 1.807) is 36.4 Å². The van der Waals surface area contributed by atoms with Gasteiger partial charge in [-0.2, -0.15) is 13.2 Å². The van der Waals surface area contributed by atoms with Crippen LogP contribution in [0.1, 0.15) is 17.5 Å². The Labute approximate surface area is 185 Å². The third kappa shape index (κ3) is 8.21. The molecular formula is C19H23F3IN3O2S. The number of hydrogen-bond donors (Lipinski definition) is 2. The monoisotopic (exact) mass is 541 g/mol. The highest BCUT2D eigenvalue weighted by atomic mass is 127. The van der Waals surface area contributed by atoms with E-state index in [0.717, 1.165) is 12.1 Å². The molecule has 0 bridgehead atoms. The fraction of sp³-hybridized carbons (Fsp3) is 0.316. The second-order valence-electron chi connectivity index (χ2n) is 6.04. The van der Waals surface area contributed by atoms with Gasteiger partial charge in [0.2, 0.25) is 0 Å². The van der Waals surface area contributed by atoms with Gasteiger partial charge in [0, 0.05) is 20.1 Å². The van der Waals surface area contributed by atoms with Crippen LogP contribution in [-0.4, -0.2) is 33.7 Å². The minimum absolute atomic E-state index is 0. The highest BCUT2D eigenvalue weighted by Gasteiger charge is 2.30. The van der Waals surface area contributed by atoms with E-state index in [1.807, 2.05) is 0 Å². The second kappa shape index (κ2) is 11.4. The van der Waals surface area contributed by atoms with Crippen molar-refractivity contribution in [1.82, 2.24) is 10.6 Å². The molecule has 0 aliphatic carbocycles. The number of nitrogens with one attached hydrogen (secondary N) is 2. The van der Waals surface area contributed by atoms with Crippen LogP contribution in [0.4, 0.5) is 13.2 Å². The van der Waals surface area contributed by atoms with Gasteiger partial charge < -0.3 is 10.6 Å². The quantitative estimate of drug-likeness (QED) is 0.242. The largest absolute Gasteiger partial charge is 0.416 e. The zero-order valence-corrected chi connectivity index (χ0v) is 18.9. The van der Waals surface area contributed by atoms with Gasteiger partial charge >= 0.3 is 6.18 Å². The third-order valence-electron chi connectivity index (χ3n) is 3.92. The highest BCUT2D eigenvalue weighted by Crippen LogP contribution is 2.29. The average Bonchev–Trinajstić information content (AvgIpc) is 2.67. The predicted octanol–water partition coefficient (Wildman–Crippen LogP) is 3.85. The zero-order valence-electron chi connectivity index (χ0n) is 15.7. The van der Waals surface area contributed by atoms with E-state index in [0.29, 0.717) is 24.5 Å². The molecule has 29 heavy (non-hydrogen) atoms. The summed E-state index contributed by atoms with van der Waals surface area (Å²) >= 11 is 0. The van der Waals surface area contributed by atoms with Crippen LogP contribution in [0.2, 0.25) is 0 Å². The summed E-state index contributed by atoms with van der Waals surface area (Å²) in [6.45, 7) is 0.514. The van der Waals surface area contributed by atoms with Crippen molar-refractivity contribution in [3.05, 3.63) is 65.7 Å². The summed E-state index contributed by atoms with van der Waals surface area (Å²) in [6, 6.07) is 13.2. The maximum absolute atomic E-state index is 12.8. The van der Waals surface area contributed by atoms with Crippen molar-refractivity contribution >= 4 is 39.8 Å². The SMILES string of the molecule is CN=C(NCCCS(=O)(=O)c1ccccc1)NCc1cccc(C(F)(F)F)c1.I. The Morgan fingerprint density at radius 3 is 2.34 bits per heavy atom. The van der Waals surface area contributed by atoms with Crippen molar-refractivity contribution in [2.24, 2.45) is 4.99 Å². The van der Waals surface area contributed by atoms with Crippen LogP contribution >= 0.6 is 24.0 Å². The first-order valence-electron chi connectivity index (χ1n) is 8.61. The fourth-order valence-electron chi connectivity index (χ4n) is 2.48. The number of sulfone groups is 1. The van der Waals surface area contributed by atoms with Crippen molar-refractivity contribution in [2.45, 2.75) is 24.0 Å². The van der Waals surface area contributed by atoms with E-state index in [-0.39, 0.29) is 41.2 Å². The Kier molecular flexibility index (Phi) is 9.90. The van der Waals surface area contributed by atoms with E-state index in [1.165, 1.54) is 13.1 Å². The van der Waals surface area contributed by atoms with Crippen molar-refractivity contribution in [2.75, 3.05) is 19.3 Å². The Morgan fingerprint density at radius 1 is 1.03 bits per heavy atom. The number of aliphatic imine (C=N–C) groups is 1. The van der Waals surface area contributed by atoms with Crippen molar-refractivity contribution in [1.29, 1.82) is 0 Å². The van der Waals surface area contributed by atoms with E-state index < -0.39 is 21.6 Å². The Bertz CT molecular complexity index is 904. The molecule has 0 radical (unpaired) electrons. The van der Waals surface area contributed by atoms with Crippen molar-refractivity contribution in [3.63, 3.8) is 0 Å². The normalized spacial score (nSPS) is 12.2. The molecule has 0 amide bonds. The summed E-state index contributed by atoms with van der Waals surface area (Å²) in [6.07, 6.45) is -4.03. The van der Waals surface area contributed by atoms with Gasteiger partial charge in [0.05, 0.1) is 16.2 Å². The molecule has 0 aliphatic rings. The lowest BCUT2D eigenvalue weighted by Gasteiger charge is -2.13. The second-order valence-corrected chi connectivity index (χ2v) is 8.15. The number of guanidine groups is 1. The van der Waals surface area contributed by atoms with Crippen LogP contribution in [-0.2, 0) is 22.6 Å². The molecule has 2 aromatic rings. The Balaban J connectivity index is 0.00000420. The lowest BCUT2D eigenvalue weighted by Crippen LogP contribution is -2.37. The van der Waals surface area contributed by atoms with Crippen LogP contribution in [0, 0.1) is 0 Å². The molecule has 2 aromatic carbocycles. The molecular weight excluding hydrogens is 518 g/mol. The van der Waals surface area contributed by atoms with Crippen molar-refractivity contribution < 1.29 is 21.6 Å². The number of halogens is 4. The smallest absolute Gasteiger partial charge is 0.356 e. The topological polar surface area (TPSA) is 70.6 Å². The Morgan fingerprint density at radius 2 is 1.72 bits per heavy atom. The molecule has 0 saturated heterocycles. The molecule has 2 rings (SSSR count). The standard InChI is InChI=1S/C19H22F3N3O2S.HI/c1-23-18(25-14-15-7-5-8-16(13-15)19(20,21)22)24-11-6-12-28(26,27)17-9-3-2-4-10-17;/h2-5,7-10,13H,6,11-12,14H2,1H3,(H2,23,24,25);1H. The third-order valence-corrected chi connectivity index (χ3v) is 5.74. The van der Waals surface area contributed by atoms with Gasteiger partial charge in [-0.3, -0.25) is 4.99 Å². The van der Waals surface area contributed by atoms with Gasteiger partial charge in [0.1, 0.15) is 0 Å². The predicted molar refractivity (Wildman–Crippen MR) is 118 cm³/mol. The summed E-state index contributed by atoms with van der Waals surface area (Å²) in [5, 5.41) is 5.88. The minimum atomic E-state index is -4.39.